The summed E-state index contributed by atoms with van der Waals surface area (Å²) in [5.41, 5.74) is 1.62. The Morgan fingerprint density at radius 1 is 1.44 bits per heavy atom. The molecule has 9 heteroatoms. The van der Waals surface area contributed by atoms with Gasteiger partial charge in [-0.3, -0.25) is 5.84 Å². The highest BCUT2D eigenvalue weighted by Crippen LogP contribution is 2.30. The van der Waals surface area contributed by atoms with Crippen LogP contribution in [-0.2, 0) is 4.79 Å². The first-order valence-corrected chi connectivity index (χ1v) is 4.52. The maximum atomic E-state index is 11.9. The molecule has 1 unspecified atom stereocenters. The highest BCUT2D eigenvalue weighted by Gasteiger charge is 2.31. The standard InChI is InChI=1S/C9H9F3N2O4/c10-9(11,12)18-4-1-2-5(6(3-4)14-13)7(15)8(16)17/h1-3,7,14-15H,13H2,(H,16,17). The molecule has 1 aromatic rings. The van der Waals surface area contributed by atoms with Gasteiger partial charge in [0.05, 0.1) is 5.69 Å². The molecule has 0 spiro atoms. The fourth-order valence-electron chi connectivity index (χ4n) is 1.23. The summed E-state index contributed by atoms with van der Waals surface area (Å²) in [5.74, 6) is 2.88. The normalized spacial score (nSPS) is 12.9. The Morgan fingerprint density at radius 2 is 2.06 bits per heavy atom. The molecule has 0 heterocycles. The van der Waals surface area contributed by atoms with Gasteiger partial charge in [0, 0.05) is 11.6 Å². The molecule has 0 aliphatic rings. The third-order valence-corrected chi connectivity index (χ3v) is 1.94. The summed E-state index contributed by atoms with van der Waals surface area (Å²) in [6, 6.07) is 2.67. The molecule has 0 aliphatic heterocycles. The van der Waals surface area contributed by atoms with Crippen LogP contribution in [0.5, 0.6) is 5.75 Å². The fraction of sp³-hybridized carbons (Fsp3) is 0.222. The van der Waals surface area contributed by atoms with Gasteiger partial charge in [-0.15, -0.1) is 13.2 Å². The maximum Gasteiger partial charge on any atom is 0.573 e. The number of aliphatic carboxylic acids is 1. The number of nitrogen functional groups attached to an aromatic ring is 1. The molecular weight excluding hydrogens is 257 g/mol. The van der Waals surface area contributed by atoms with Gasteiger partial charge in [0.2, 0.25) is 0 Å². The molecule has 0 saturated carbocycles. The first-order chi connectivity index (χ1) is 8.24. The second-order valence-electron chi connectivity index (χ2n) is 3.18. The van der Waals surface area contributed by atoms with Crippen LogP contribution in [0, 0.1) is 0 Å². The van der Waals surface area contributed by atoms with Crippen LogP contribution in [0.2, 0.25) is 0 Å². The van der Waals surface area contributed by atoms with Crippen molar-refractivity contribution in [2.45, 2.75) is 12.5 Å². The molecule has 6 nitrogen and oxygen atoms in total. The molecule has 1 atom stereocenters. The monoisotopic (exact) mass is 266 g/mol. The van der Waals surface area contributed by atoms with Crippen LogP contribution >= 0.6 is 0 Å². The van der Waals surface area contributed by atoms with E-state index in [9.17, 15) is 23.1 Å². The van der Waals surface area contributed by atoms with Crippen molar-refractivity contribution in [1.29, 1.82) is 0 Å². The number of aliphatic hydroxyl groups excluding tert-OH is 1. The second-order valence-corrected chi connectivity index (χ2v) is 3.18. The van der Waals surface area contributed by atoms with E-state index in [0.717, 1.165) is 18.2 Å². The minimum Gasteiger partial charge on any atom is -0.479 e. The van der Waals surface area contributed by atoms with Gasteiger partial charge in [0.1, 0.15) is 5.75 Å². The Labute approximate surface area is 98.7 Å². The number of carbonyl (C=O) groups is 1. The van der Waals surface area contributed by atoms with Crippen LogP contribution in [0.25, 0.3) is 0 Å². The van der Waals surface area contributed by atoms with E-state index in [4.69, 9.17) is 10.9 Å². The number of nitrogens with two attached hydrogens (primary N) is 1. The van der Waals surface area contributed by atoms with Crippen molar-refractivity contribution in [3.05, 3.63) is 23.8 Å². The number of ether oxygens (including phenoxy) is 1. The maximum absolute atomic E-state index is 11.9. The average Bonchev–Trinajstić information content (AvgIpc) is 2.25. The van der Waals surface area contributed by atoms with Crippen LogP contribution in [-0.4, -0.2) is 22.5 Å². The van der Waals surface area contributed by atoms with E-state index in [-0.39, 0.29) is 11.3 Å². The third kappa shape index (κ3) is 3.50. The van der Waals surface area contributed by atoms with Crippen molar-refractivity contribution in [2.24, 2.45) is 5.84 Å². The number of carboxylic acid groups (broad SMARTS) is 1. The van der Waals surface area contributed by atoms with Gasteiger partial charge in [-0.2, -0.15) is 0 Å². The SMILES string of the molecule is NNc1cc(OC(F)(F)F)ccc1C(O)C(=O)O. The predicted octanol–water partition coefficient (Wildman–Crippen LogP) is 0.989. The van der Waals surface area contributed by atoms with E-state index in [1.165, 1.54) is 0 Å². The van der Waals surface area contributed by atoms with E-state index in [0.29, 0.717) is 0 Å². The van der Waals surface area contributed by atoms with Crippen LogP contribution in [0.15, 0.2) is 18.2 Å². The Bertz CT molecular complexity index is 450. The highest BCUT2D eigenvalue weighted by atomic mass is 19.4. The van der Waals surface area contributed by atoms with E-state index in [2.05, 4.69) is 4.74 Å². The summed E-state index contributed by atoms with van der Waals surface area (Å²) in [7, 11) is 0. The van der Waals surface area contributed by atoms with E-state index in [1.807, 2.05) is 5.43 Å². The lowest BCUT2D eigenvalue weighted by molar-refractivity contribution is -0.274. The number of rotatable bonds is 4. The topological polar surface area (TPSA) is 105 Å². The Kier molecular flexibility index (Phi) is 3.99. The number of halogens is 3. The molecule has 0 bridgehead atoms. The number of nitrogens with one attached hydrogen (secondary N) is 1. The Morgan fingerprint density at radius 3 is 2.50 bits per heavy atom. The largest absolute Gasteiger partial charge is 0.573 e. The van der Waals surface area contributed by atoms with Gasteiger partial charge in [-0.1, -0.05) is 6.07 Å². The number of aliphatic hydroxyl groups is 1. The number of hydrogen-bond donors (Lipinski definition) is 4. The summed E-state index contributed by atoms with van der Waals surface area (Å²) in [5, 5.41) is 17.9. The van der Waals surface area contributed by atoms with Crippen molar-refractivity contribution in [3.63, 3.8) is 0 Å². The molecule has 1 aromatic carbocycles. The van der Waals surface area contributed by atoms with Gasteiger partial charge in [-0.05, 0) is 6.07 Å². The van der Waals surface area contributed by atoms with Crippen molar-refractivity contribution in [3.8, 4) is 5.75 Å². The Hall–Kier alpha value is -2.00. The van der Waals surface area contributed by atoms with Crippen molar-refractivity contribution < 1.29 is 32.9 Å². The molecule has 0 saturated heterocycles. The average molecular weight is 266 g/mol. The van der Waals surface area contributed by atoms with Gasteiger partial charge in [0.15, 0.2) is 6.10 Å². The number of hydrogen-bond acceptors (Lipinski definition) is 5. The zero-order chi connectivity index (χ0) is 13.9. The van der Waals surface area contributed by atoms with E-state index >= 15 is 0 Å². The first-order valence-electron chi connectivity index (χ1n) is 4.52. The summed E-state index contributed by atoms with van der Waals surface area (Å²) < 4.78 is 39.5. The summed E-state index contributed by atoms with van der Waals surface area (Å²) in [6.45, 7) is 0. The summed E-state index contributed by atoms with van der Waals surface area (Å²) in [4.78, 5) is 10.6. The third-order valence-electron chi connectivity index (χ3n) is 1.94. The first kappa shape index (κ1) is 14.1. The van der Waals surface area contributed by atoms with Crippen LogP contribution in [0.4, 0.5) is 18.9 Å². The number of hydrazine groups is 1. The molecule has 0 aliphatic carbocycles. The van der Waals surface area contributed by atoms with Crippen molar-refractivity contribution >= 4 is 11.7 Å². The van der Waals surface area contributed by atoms with Crippen molar-refractivity contribution in [2.75, 3.05) is 5.43 Å². The predicted molar refractivity (Wildman–Crippen MR) is 53.5 cm³/mol. The Balaban J connectivity index is 3.07. The number of benzene rings is 1. The second kappa shape index (κ2) is 5.10. The summed E-state index contributed by atoms with van der Waals surface area (Å²) >= 11 is 0. The molecule has 0 amide bonds. The minimum absolute atomic E-state index is 0.181. The zero-order valence-electron chi connectivity index (χ0n) is 8.73. The van der Waals surface area contributed by atoms with Crippen molar-refractivity contribution in [1.82, 2.24) is 0 Å². The van der Waals surface area contributed by atoms with E-state index < -0.39 is 24.2 Å². The van der Waals surface area contributed by atoms with Crippen LogP contribution < -0.4 is 16.0 Å². The molecule has 100 valence electrons. The molecule has 0 aromatic heterocycles. The van der Waals surface area contributed by atoms with Gasteiger partial charge in [-0.25, -0.2) is 4.79 Å². The van der Waals surface area contributed by atoms with Crippen LogP contribution in [0.1, 0.15) is 11.7 Å². The highest BCUT2D eigenvalue weighted by molar-refractivity contribution is 5.77. The summed E-state index contributed by atoms with van der Waals surface area (Å²) in [6.07, 6.45) is -6.78. The van der Waals surface area contributed by atoms with E-state index in [1.54, 1.807) is 0 Å². The minimum atomic E-state index is -4.88. The number of anilines is 1. The molecule has 0 fully saturated rings. The number of alkyl halides is 3. The molecule has 0 radical (unpaired) electrons. The van der Waals surface area contributed by atoms with Gasteiger partial charge >= 0.3 is 12.3 Å². The quantitative estimate of drug-likeness (QED) is 0.478. The fourth-order valence-corrected chi connectivity index (χ4v) is 1.23. The van der Waals surface area contributed by atoms with Gasteiger partial charge in [0.25, 0.3) is 0 Å². The lowest BCUT2D eigenvalue weighted by Crippen LogP contribution is -2.19. The number of carboxylic acids is 1. The molecule has 1 rings (SSSR count). The molecular formula is C9H9F3N2O4. The lowest BCUT2D eigenvalue weighted by Gasteiger charge is -2.14. The smallest absolute Gasteiger partial charge is 0.479 e. The lowest BCUT2D eigenvalue weighted by atomic mass is 10.1. The van der Waals surface area contributed by atoms with Gasteiger partial charge < -0.3 is 20.4 Å². The molecule has 18 heavy (non-hydrogen) atoms. The molecule has 5 N–H and O–H groups in total. The van der Waals surface area contributed by atoms with Crippen LogP contribution in [0.3, 0.4) is 0 Å². The zero-order valence-corrected chi connectivity index (χ0v) is 8.73.